The summed E-state index contributed by atoms with van der Waals surface area (Å²) >= 11 is 17.4. The Morgan fingerprint density at radius 1 is 1.10 bits per heavy atom. The fraction of sp³-hybridized carbons (Fsp3) is 0.250. The van der Waals surface area contributed by atoms with Gasteiger partial charge in [0.1, 0.15) is 5.75 Å². The molecule has 0 saturated carbocycles. The van der Waals surface area contributed by atoms with Crippen LogP contribution in [0.5, 0.6) is 5.75 Å². The molecule has 0 aromatic heterocycles. The van der Waals surface area contributed by atoms with Crippen LogP contribution < -0.4 is 15.4 Å². The van der Waals surface area contributed by atoms with E-state index in [1.807, 2.05) is 0 Å². The molecule has 0 unspecified atom stereocenters. The molecule has 2 aromatic rings. The highest BCUT2D eigenvalue weighted by atomic mass is 35.5. The Balaban J connectivity index is 1.57. The van der Waals surface area contributed by atoms with Crippen LogP contribution in [-0.4, -0.2) is 54.7 Å². The number of morpholine rings is 1. The first-order valence-electron chi connectivity index (χ1n) is 9.09. The number of benzene rings is 2. The molecular weight excluding hydrogens is 449 g/mol. The van der Waals surface area contributed by atoms with Crippen LogP contribution in [0.4, 0.5) is 5.69 Å². The Labute approximate surface area is 189 Å². The molecule has 2 amide bonds. The van der Waals surface area contributed by atoms with E-state index in [-0.39, 0.29) is 17.6 Å². The SMILES string of the molecule is O=C(COc1ccccc1Cl)NC(=S)Nc1cc(C(=O)N2CCOCC2)ccc1Cl. The molecule has 0 atom stereocenters. The summed E-state index contributed by atoms with van der Waals surface area (Å²) in [6, 6.07) is 11.7. The molecule has 1 fully saturated rings. The maximum atomic E-state index is 12.6. The molecule has 1 heterocycles. The number of thiocarbonyl (C=S) groups is 1. The van der Waals surface area contributed by atoms with Gasteiger partial charge in [0.15, 0.2) is 11.7 Å². The normalized spacial score (nSPS) is 13.5. The number of halogens is 2. The number of ether oxygens (including phenoxy) is 2. The van der Waals surface area contributed by atoms with Crippen molar-refractivity contribution in [2.75, 3.05) is 38.2 Å². The summed E-state index contributed by atoms with van der Waals surface area (Å²) in [7, 11) is 0. The third-order valence-electron chi connectivity index (χ3n) is 4.21. The van der Waals surface area contributed by atoms with E-state index >= 15 is 0 Å². The van der Waals surface area contributed by atoms with E-state index in [1.165, 1.54) is 0 Å². The van der Waals surface area contributed by atoms with Crippen molar-refractivity contribution in [3.63, 3.8) is 0 Å². The van der Waals surface area contributed by atoms with Crippen molar-refractivity contribution >= 4 is 58.0 Å². The van der Waals surface area contributed by atoms with Gasteiger partial charge in [-0.05, 0) is 42.5 Å². The van der Waals surface area contributed by atoms with Gasteiger partial charge in [-0.2, -0.15) is 0 Å². The Hall–Kier alpha value is -2.39. The molecule has 1 aliphatic heterocycles. The lowest BCUT2D eigenvalue weighted by atomic mass is 10.1. The summed E-state index contributed by atoms with van der Waals surface area (Å²) in [4.78, 5) is 26.4. The average Bonchev–Trinajstić information content (AvgIpc) is 2.75. The molecular formula is C20H19Cl2N3O4S. The quantitative estimate of drug-likeness (QED) is 0.656. The van der Waals surface area contributed by atoms with E-state index in [1.54, 1.807) is 47.4 Å². The molecule has 7 nitrogen and oxygen atoms in total. The van der Waals surface area contributed by atoms with E-state index in [9.17, 15) is 9.59 Å². The fourth-order valence-electron chi connectivity index (χ4n) is 2.72. The topological polar surface area (TPSA) is 79.9 Å². The van der Waals surface area contributed by atoms with Crippen molar-refractivity contribution in [3.8, 4) is 5.75 Å². The molecule has 0 spiro atoms. The van der Waals surface area contributed by atoms with Gasteiger partial charge < -0.3 is 19.7 Å². The highest BCUT2D eigenvalue weighted by Crippen LogP contribution is 2.24. The van der Waals surface area contributed by atoms with Crippen LogP contribution in [0.25, 0.3) is 0 Å². The first kappa shape index (κ1) is 22.3. The predicted molar refractivity (Wildman–Crippen MR) is 119 cm³/mol. The van der Waals surface area contributed by atoms with Gasteiger partial charge in [0, 0.05) is 18.7 Å². The number of amides is 2. The highest BCUT2D eigenvalue weighted by Gasteiger charge is 2.19. The van der Waals surface area contributed by atoms with Crippen LogP contribution in [0.3, 0.4) is 0 Å². The summed E-state index contributed by atoms with van der Waals surface area (Å²) in [5, 5.41) is 6.13. The molecule has 1 saturated heterocycles. The third kappa shape index (κ3) is 6.06. The first-order chi connectivity index (χ1) is 14.4. The second kappa shape index (κ2) is 10.6. The monoisotopic (exact) mass is 467 g/mol. The molecule has 0 bridgehead atoms. The van der Waals surface area contributed by atoms with Crippen LogP contribution in [0.1, 0.15) is 10.4 Å². The summed E-state index contributed by atoms with van der Waals surface area (Å²) in [5.41, 5.74) is 0.869. The molecule has 10 heteroatoms. The second-order valence-corrected chi connectivity index (χ2v) is 7.54. The number of nitrogens with one attached hydrogen (secondary N) is 2. The van der Waals surface area contributed by atoms with Crippen LogP contribution in [0.15, 0.2) is 42.5 Å². The first-order valence-corrected chi connectivity index (χ1v) is 10.2. The van der Waals surface area contributed by atoms with Gasteiger partial charge in [-0.1, -0.05) is 35.3 Å². The van der Waals surface area contributed by atoms with Crippen molar-refractivity contribution in [1.29, 1.82) is 0 Å². The van der Waals surface area contributed by atoms with Crippen molar-refractivity contribution < 1.29 is 19.1 Å². The minimum absolute atomic E-state index is 0.0284. The van der Waals surface area contributed by atoms with Crippen molar-refractivity contribution in [3.05, 3.63) is 58.1 Å². The van der Waals surface area contributed by atoms with Crippen LogP contribution in [-0.2, 0) is 9.53 Å². The molecule has 158 valence electrons. The van der Waals surface area contributed by atoms with E-state index in [0.717, 1.165) is 0 Å². The number of anilines is 1. The largest absolute Gasteiger partial charge is 0.482 e. The van der Waals surface area contributed by atoms with Gasteiger partial charge in [-0.3, -0.25) is 14.9 Å². The van der Waals surface area contributed by atoms with Gasteiger partial charge in [-0.15, -0.1) is 0 Å². The van der Waals surface area contributed by atoms with E-state index in [0.29, 0.717) is 53.3 Å². The second-order valence-electron chi connectivity index (χ2n) is 6.32. The summed E-state index contributed by atoms with van der Waals surface area (Å²) in [6.07, 6.45) is 0. The Morgan fingerprint density at radius 2 is 1.83 bits per heavy atom. The maximum absolute atomic E-state index is 12.6. The molecule has 2 aromatic carbocycles. The highest BCUT2D eigenvalue weighted by molar-refractivity contribution is 7.80. The Kier molecular flexibility index (Phi) is 7.87. The smallest absolute Gasteiger partial charge is 0.264 e. The van der Waals surface area contributed by atoms with Crippen molar-refractivity contribution in [1.82, 2.24) is 10.2 Å². The standard InChI is InChI=1S/C20H19Cl2N3O4S/c21-14-6-5-13(19(27)25-7-9-28-10-8-25)11-16(14)23-20(30)24-18(26)12-29-17-4-2-1-3-15(17)22/h1-6,11H,7-10,12H2,(H2,23,24,26,30). The molecule has 2 N–H and O–H groups in total. The molecule has 30 heavy (non-hydrogen) atoms. The van der Waals surface area contributed by atoms with Crippen molar-refractivity contribution in [2.45, 2.75) is 0 Å². The Morgan fingerprint density at radius 3 is 2.57 bits per heavy atom. The van der Waals surface area contributed by atoms with E-state index < -0.39 is 5.91 Å². The number of rotatable bonds is 5. The third-order valence-corrected chi connectivity index (χ3v) is 5.05. The van der Waals surface area contributed by atoms with Crippen LogP contribution in [0.2, 0.25) is 10.0 Å². The predicted octanol–water partition coefficient (Wildman–Crippen LogP) is 3.36. The minimum atomic E-state index is -0.468. The van der Waals surface area contributed by atoms with Gasteiger partial charge in [0.25, 0.3) is 11.8 Å². The minimum Gasteiger partial charge on any atom is -0.482 e. The number of nitrogens with zero attached hydrogens (tertiary/aromatic N) is 1. The number of para-hydroxylation sites is 1. The summed E-state index contributed by atoms with van der Waals surface area (Å²) in [5.74, 6) is -0.198. The molecule has 3 rings (SSSR count). The zero-order valence-corrected chi connectivity index (χ0v) is 18.1. The summed E-state index contributed by atoms with van der Waals surface area (Å²) in [6.45, 7) is 1.82. The number of hydrogen-bond acceptors (Lipinski definition) is 5. The lowest BCUT2D eigenvalue weighted by Gasteiger charge is -2.27. The summed E-state index contributed by atoms with van der Waals surface area (Å²) < 4.78 is 10.6. The molecule has 0 aliphatic carbocycles. The lowest BCUT2D eigenvalue weighted by molar-refractivity contribution is -0.121. The molecule has 1 aliphatic rings. The fourth-order valence-corrected chi connectivity index (χ4v) is 3.30. The van der Waals surface area contributed by atoms with Gasteiger partial charge in [-0.25, -0.2) is 0 Å². The van der Waals surface area contributed by atoms with Crippen LogP contribution in [0, 0.1) is 0 Å². The van der Waals surface area contributed by atoms with Gasteiger partial charge >= 0.3 is 0 Å². The van der Waals surface area contributed by atoms with Crippen LogP contribution >= 0.6 is 35.4 Å². The zero-order valence-electron chi connectivity index (χ0n) is 15.8. The van der Waals surface area contributed by atoms with E-state index in [2.05, 4.69) is 10.6 Å². The molecule has 0 radical (unpaired) electrons. The average molecular weight is 468 g/mol. The van der Waals surface area contributed by atoms with E-state index in [4.69, 9.17) is 44.9 Å². The number of carbonyl (C=O) groups is 2. The van der Waals surface area contributed by atoms with Gasteiger partial charge in [0.2, 0.25) is 0 Å². The van der Waals surface area contributed by atoms with Crippen molar-refractivity contribution in [2.24, 2.45) is 0 Å². The maximum Gasteiger partial charge on any atom is 0.264 e. The Bertz CT molecular complexity index is 951. The van der Waals surface area contributed by atoms with Gasteiger partial charge in [0.05, 0.1) is 28.9 Å². The lowest BCUT2D eigenvalue weighted by Crippen LogP contribution is -2.40. The number of hydrogen-bond donors (Lipinski definition) is 2. The zero-order chi connectivity index (χ0) is 21.5. The number of carbonyl (C=O) groups excluding carboxylic acids is 2.